The molecule has 0 atom stereocenters. The number of thiazole rings is 1. The molecule has 4 nitrogen and oxygen atoms in total. The molecule has 0 saturated carbocycles. The number of benzene rings is 1. The molecule has 3 rings (SSSR count). The van der Waals surface area contributed by atoms with Crippen molar-refractivity contribution in [2.24, 2.45) is 0 Å². The maximum absolute atomic E-state index is 12.7. The van der Waals surface area contributed by atoms with E-state index in [0.29, 0.717) is 32.8 Å². The fourth-order valence-corrected chi connectivity index (χ4v) is 4.76. The second-order valence-corrected chi connectivity index (χ2v) is 7.80. The minimum atomic E-state index is -0.348. The summed E-state index contributed by atoms with van der Waals surface area (Å²) in [5.74, 6) is -0.523. The number of rotatable bonds is 4. The molecule has 2 aromatic rings. The summed E-state index contributed by atoms with van der Waals surface area (Å²) in [6.45, 7) is 2.07. The zero-order valence-electron chi connectivity index (χ0n) is 12.5. The number of hydrogen-bond donors (Lipinski definition) is 0. The molecule has 1 aliphatic heterocycles. The van der Waals surface area contributed by atoms with Crippen LogP contribution in [-0.4, -0.2) is 18.5 Å². The van der Waals surface area contributed by atoms with E-state index in [1.165, 1.54) is 23.1 Å². The third-order valence-corrected chi connectivity index (χ3v) is 6.29. The molecule has 0 aliphatic carbocycles. The molecule has 24 heavy (non-hydrogen) atoms. The number of halogens is 2. The molecule has 2 heterocycles. The van der Waals surface area contributed by atoms with E-state index >= 15 is 0 Å². The number of fused-ring (bicyclic) bond motifs is 1. The standard InChI is InChI=1S/C16H12Cl2NO3S2/c1-2-22-13(20)7-10-8-23-16-19(10)15(21)12(24-16)6-9-4-3-5-11(17)14(9)18/h3-6,8H,2,7H2,1H3/q+1. The molecular weight excluding hydrogens is 389 g/mol. The molecule has 0 saturated heterocycles. The van der Waals surface area contributed by atoms with Crippen molar-refractivity contribution in [2.45, 2.75) is 17.7 Å². The molecule has 8 heteroatoms. The van der Waals surface area contributed by atoms with Crippen LogP contribution in [0, 0.1) is 0 Å². The van der Waals surface area contributed by atoms with Gasteiger partial charge in [0.2, 0.25) is 5.69 Å². The van der Waals surface area contributed by atoms with E-state index in [2.05, 4.69) is 0 Å². The molecule has 124 valence electrons. The Morgan fingerprint density at radius 2 is 2.17 bits per heavy atom. The van der Waals surface area contributed by atoms with Crippen molar-refractivity contribution in [3.8, 4) is 0 Å². The number of nitrogens with zero attached hydrogens (tertiary/aromatic N) is 1. The first-order valence-electron chi connectivity index (χ1n) is 7.07. The maximum atomic E-state index is 12.7. The second kappa shape index (κ2) is 7.27. The van der Waals surface area contributed by atoms with Crippen LogP contribution < -0.4 is 4.57 Å². The molecule has 0 radical (unpaired) electrons. The predicted octanol–water partition coefficient (Wildman–Crippen LogP) is 4.24. The average Bonchev–Trinajstić information content (AvgIpc) is 3.06. The van der Waals surface area contributed by atoms with Crippen LogP contribution in [-0.2, 0) is 16.0 Å². The fourth-order valence-electron chi connectivity index (χ4n) is 2.22. The Morgan fingerprint density at radius 1 is 1.38 bits per heavy atom. The highest BCUT2D eigenvalue weighted by Gasteiger charge is 2.41. The van der Waals surface area contributed by atoms with Gasteiger partial charge >= 0.3 is 16.2 Å². The van der Waals surface area contributed by atoms with Crippen LogP contribution in [0.2, 0.25) is 10.0 Å². The Hall–Kier alpha value is -1.34. The molecule has 1 aromatic carbocycles. The maximum Gasteiger partial charge on any atom is 0.433 e. The zero-order chi connectivity index (χ0) is 17.3. The Balaban J connectivity index is 1.89. The molecule has 0 bridgehead atoms. The van der Waals surface area contributed by atoms with E-state index in [0.717, 1.165) is 4.34 Å². The number of allylic oxidation sites excluding steroid dienone is 1. The Morgan fingerprint density at radius 3 is 2.92 bits per heavy atom. The smallest absolute Gasteiger partial charge is 0.433 e. The summed E-state index contributed by atoms with van der Waals surface area (Å²) < 4.78 is 7.31. The van der Waals surface area contributed by atoms with Gasteiger partial charge in [-0.3, -0.25) is 4.79 Å². The monoisotopic (exact) mass is 400 g/mol. The van der Waals surface area contributed by atoms with Gasteiger partial charge in [0.1, 0.15) is 11.3 Å². The van der Waals surface area contributed by atoms with Gasteiger partial charge in [0.25, 0.3) is 0 Å². The Labute approximate surface area is 157 Å². The quantitative estimate of drug-likeness (QED) is 0.437. The van der Waals surface area contributed by atoms with E-state index < -0.39 is 0 Å². The third kappa shape index (κ3) is 3.37. The molecule has 0 amide bonds. The topological polar surface area (TPSA) is 47.2 Å². The highest BCUT2D eigenvalue weighted by atomic mass is 35.5. The molecule has 0 N–H and O–H groups in total. The second-order valence-electron chi connectivity index (χ2n) is 4.87. The number of esters is 1. The van der Waals surface area contributed by atoms with Crippen LogP contribution in [0.15, 0.2) is 32.8 Å². The summed E-state index contributed by atoms with van der Waals surface area (Å²) in [5, 5.41) is 2.65. The Bertz CT molecular complexity index is 861. The normalized spacial score (nSPS) is 15.0. The predicted molar refractivity (Wildman–Crippen MR) is 95.8 cm³/mol. The summed E-state index contributed by atoms with van der Waals surface area (Å²) in [6.07, 6.45) is 1.79. The third-order valence-electron chi connectivity index (χ3n) is 3.28. The van der Waals surface area contributed by atoms with Gasteiger partial charge in [-0.2, -0.15) is 0 Å². The van der Waals surface area contributed by atoms with Gasteiger partial charge in [-0.05, 0) is 24.6 Å². The van der Waals surface area contributed by atoms with Crippen LogP contribution in [0.4, 0.5) is 0 Å². The van der Waals surface area contributed by atoms with Gasteiger partial charge < -0.3 is 4.74 Å². The summed E-state index contributed by atoms with van der Waals surface area (Å²) in [6, 6.07) is 5.27. The van der Waals surface area contributed by atoms with Crippen molar-refractivity contribution in [1.29, 1.82) is 0 Å². The molecular formula is C16H12Cl2NO3S2+. The van der Waals surface area contributed by atoms with E-state index in [9.17, 15) is 9.59 Å². The summed E-state index contributed by atoms with van der Waals surface area (Å²) in [4.78, 5) is 24.9. The first-order chi connectivity index (χ1) is 11.5. The fraction of sp³-hybridized carbons (Fsp3) is 0.188. The highest BCUT2D eigenvalue weighted by Crippen LogP contribution is 2.37. The number of thioether (sulfide) groups is 1. The number of ether oxygens (including phenoxy) is 1. The Kier molecular flexibility index (Phi) is 5.30. The lowest BCUT2D eigenvalue weighted by Crippen LogP contribution is -2.43. The van der Waals surface area contributed by atoms with Crippen LogP contribution in [0.1, 0.15) is 23.0 Å². The van der Waals surface area contributed by atoms with E-state index in [1.807, 2.05) is 0 Å². The van der Waals surface area contributed by atoms with Crippen molar-refractivity contribution in [1.82, 2.24) is 0 Å². The van der Waals surface area contributed by atoms with Crippen molar-refractivity contribution < 1.29 is 18.9 Å². The molecule has 0 spiro atoms. The van der Waals surface area contributed by atoms with Gasteiger partial charge in [0, 0.05) is 11.8 Å². The number of aromatic nitrogens is 1. The minimum absolute atomic E-state index is 0.0713. The summed E-state index contributed by atoms with van der Waals surface area (Å²) in [5.41, 5.74) is 1.31. The molecule has 1 aromatic heterocycles. The van der Waals surface area contributed by atoms with Crippen LogP contribution in [0.25, 0.3) is 6.08 Å². The number of hydrogen-bond acceptors (Lipinski definition) is 5. The number of carbonyl (C=O) groups excluding carboxylic acids is 2. The van der Waals surface area contributed by atoms with Crippen molar-refractivity contribution >= 4 is 64.3 Å². The summed E-state index contributed by atoms with van der Waals surface area (Å²) in [7, 11) is 0. The average molecular weight is 401 g/mol. The number of carbonyl (C=O) groups is 2. The van der Waals surface area contributed by atoms with Crippen LogP contribution in [0.3, 0.4) is 0 Å². The van der Waals surface area contributed by atoms with E-state index in [4.69, 9.17) is 27.9 Å². The lowest BCUT2D eigenvalue weighted by atomic mass is 10.2. The van der Waals surface area contributed by atoms with Crippen LogP contribution >= 0.6 is 46.3 Å². The van der Waals surface area contributed by atoms with Gasteiger partial charge in [0.15, 0.2) is 0 Å². The van der Waals surface area contributed by atoms with Gasteiger partial charge in [-0.25, -0.2) is 4.79 Å². The zero-order valence-corrected chi connectivity index (χ0v) is 15.7. The van der Waals surface area contributed by atoms with Gasteiger partial charge in [0.05, 0.1) is 22.0 Å². The van der Waals surface area contributed by atoms with E-state index in [1.54, 1.807) is 41.1 Å². The highest BCUT2D eigenvalue weighted by molar-refractivity contribution is 8.05. The molecule has 0 fully saturated rings. The molecule has 0 unspecified atom stereocenters. The van der Waals surface area contributed by atoms with Gasteiger partial charge in [-0.15, -0.1) is 4.57 Å². The van der Waals surface area contributed by atoms with E-state index in [-0.39, 0.29) is 18.3 Å². The first kappa shape index (κ1) is 17.5. The summed E-state index contributed by atoms with van der Waals surface area (Å²) >= 11 is 15.0. The lowest BCUT2D eigenvalue weighted by molar-refractivity contribution is -0.607. The van der Waals surface area contributed by atoms with Gasteiger partial charge in [-0.1, -0.05) is 46.7 Å². The minimum Gasteiger partial charge on any atom is -0.466 e. The molecule has 1 aliphatic rings. The van der Waals surface area contributed by atoms with Crippen molar-refractivity contribution in [3.05, 3.63) is 49.8 Å². The van der Waals surface area contributed by atoms with Crippen LogP contribution in [0.5, 0.6) is 0 Å². The van der Waals surface area contributed by atoms with Crippen molar-refractivity contribution in [2.75, 3.05) is 6.61 Å². The SMILES string of the molecule is CCOC(=O)Cc1csc2[n+]1C(=O)C(=Cc1cccc(Cl)c1Cl)S2. The first-order valence-corrected chi connectivity index (χ1v) is 9.52. The van der Waals surface area contributed by atoms with Crippen molar-refractivity contribution in [3.63, 3.8) is 0 Å². The largest absolute Gasteiger partial charge is 0.466 e. The lowest BCUT2D eigenvalue weighted by Gasteiger charge is -2.00.